The quantitative estimate of drug-likeness (QED) is 0.819. The fourth-order valence-corrected chi connectivity index (χ4v) is 2.29. The third kappa shape index (κ3) is 1.69. The number of benzene rings is 2. The van der Waals surface area contributed by atoms with E-state index in [0.717, 1.165) is 11.1 Å². The summed E-state index contributed by atoms with van der Waals surface area (Å²) in [5, 5.41) is 0. The summed E-state index contributed by atoms with van der Waals surface area (Å²) < 4.78 is 5.38. The molecule has 0 radical (unpaired) electrons. The molecular formula is C15H13NO2. The van der Waals surface area contributed by atoms with Crippen LogP contribution in [0.4, 0.5) is 0 Å². The molecule has 0 amide bonds. The first-order valence-electron chi connectivity index (χ1n) is 5.88. The zero-order valence-corrected chi connectivity index (χ0v) is 9.74. The molecule has 0 aromatic heterocycles. The average molecular weight is 239 g/mol. The molecule has 0 aliphatic carbocycles. The Bertz CT molecular complexity index is 580. The van der Waals surface area contributed by atoms with Gasteiger partial charge < -0.3 is 10.5 Å². The van der Waals surface area contributed by atoms with Crippen LogP contribution in [-0.4, -0.2) is 5.97 Å². The smallest absolute Gasteiger partial charge is 0.339 e. The Morgan fingerprint density at radius 3 is 2.44 bits per heavy atom. The zero-order valence-electron chi connectivity index (χ0n) is 9.74. The van der Waals surface area contributed by atoms with Gasteiger partial charge in [-0.2, -0.15) is 0 Å². The molecular weight excluding hydrogens is 226 g/mol. The van der Waals surface area contributed by atoms with Crippen LogP contribution in [0, 0.1) is 0 Å². The molecule has 2 atom stereocenters. The Morgan fingerprint density at radius 1 is 1.00 bits per heavy atom. The second-order valence-electron chi connectivity index (χ2n) is 4.35. The lowest BCUT2D eigenvalue weighted by Gasteiger charge is -2.19. The van der Waals surface area contributed by atoms with Gasteiger partial charge in [0.15, 0.2) is 0 Å². The Balaban J connectivity index is 1.98. The number of nitrogens with two attached hydrogens (primary N) is 1. The first-order chi connectivity index (χ1) is 8.77. The van der Waals surface area contributed by atoms with E-state index in [4.69, 9.17) is 10.5 Å². The van der Waals surface area contributed by atoms with E-state index in [1.54, 1.807) is 6.07 Å². The van der Waals surface area contributed by atoms with E-state index in [0.29, 0.717) is 5.56 Å². The number of carbonyl (C=O) groups is 1. The van der Waals surface area contributed by atoms with Crippen molar-refractivity contribution in [3.63, 3.8) is 0 Å². The van der Waals surface area contributed by atoms with Crippen molar-refractivity contribution >= 4 is 5.97 Å². The van der Waals surface area contributed by atoms with Gasteiger partial charge in [-0.25, -0.2) is 4.79 Å². The van der Waals surface area contributed by atoms with Gasteiger partial charge in [0.05, 0.1) is 11.6 Å². The van der Waals surface area contributed by atoms with Crippen molar-refractivity contribution in [3.05, 3.63) is 71.3 Å². The maximum absolute atomic E-state index is 11.7. The van der Waals surface area contributed by atoms with E-state index in [9.17, 15) is 4.79 Å². The first-order valence-corrected chi connectivity index (χ1v) is 5.88. The number of ether oxygens (including phenoxy) is 1. The molecule has 2 aromatic carbocycles. The van der Waals surface area contributed by atoms with E-state index < -0.39 is 6.10 Å². The molecule has 2 aromatic rings. The molecule has 0 spiro atoms. The zero-order chi connectivity index (χ0) is 12.5. The fraction of sp³-hybridized carbons (Fsp3) is 0.133. The Hall–Kier alpha value is -2.13. The van der Waals surface area contributed by atoms with Crippen LogP contribution < -0.4 is 5.73 Å². The van der Waals surface area contributed by atoms with Gasteiger partial charge in [-0.3, -0.25) is 0 Å². The molecule has 3 rings (SSSR count). The number of esters is 1. The van der Waals surface area contributed by atoms with Gasteiger partial charge in [0, 0.05) is 5.56 Å². The molecule has 90 valence electrons. The average Bonchev–Trinajstić information content (AvgIpc) is 2.77. The predicted octanol–water partition coefficient (Wildman–Crippen LogP) is 2.60. The molecule has 2 N–H and O–H groups in total. The minimum Gasteiger partial charge on any atom is -0.452 e. The normalized spacial score (nSPS) is 19.2. The minimum atomic E-state index is -0.393. The van der Waals surface area contributed by atoms with E-state index in [-0.39, 0.29) is 12.0 Å². The Labute approximate surface area is 105 Å². The van der Waals surface area contributed by atoms with Crippen LogP contribution in [0.25, 0.3) is 0 Å². The fourth-order valence-electron chi connectivity index (χ4n) is 2.29. The molecule has 0 bridgehead atoms. The maximum atomic E-state index is 11.7. The van der Waals surface area contributed by atoms with Gasteiger partial charge in [-0.1, -0.05) is 48.5 Å². The number of hydrogen-bond donors (Lipinski definition) is 1. The third-order valence-corrected chi connectivity index (χ3v) is 3.23. The lowest BCUT2D eigenvalue weighted by molar-refractivity contribution is 0.0327. The molecule has 1 aliphatic rings. The SMILES string of the molecule is NC(c1ccccc1)C1OC(=O)c2ccccc21. The summed E-state index contributed by atoms with van der Waals surface area (Å²) in [4.78, 5) is 11.7. The van der Waals surface area contributed by atoms with Crippen molar-refractivity contribution < 1.29 is 9.53 Å². The second kappa shape index (κ2) is 4.27. The highest BCUT2D eigenvalue weighted by molar-refractivity contribution is 5.94. The van der Waals surface area contributed by atoms with Gasteiger partial charge in [-0.15, -0.1) is 0 Å². The van der Waals surface area contributed by atoms with E-state index in [1.165, 1.54) is 0 Å². The van der Waals surface area contributed by atoms with Crippen LogP contribution in [0.2, 0.25) is 0 Å². The Kier molecular flexibility index (Phi) is 2.61. The summed E-state index contributed by atoms with van der Waals surface area (Å²) in [5.41, 5.74) is 8.66. The molecule has 0 fully saturated rings. The monoisotopic (exact) mass is 239 g/mol. The van der Waals surface area contributed by atoms with Crippen LogP contribution in [-0.2, 0) is 4.74 Å². The van der Waals surface area contributed by atoms with E-state index >= 15 is 0 Å². The molecule has 18 heavy (non-hydrogen) atoms. The number of carbonyl (C=O) groups excluding carboxylic acids is 1. The number of cyclic esters (lactones) is 1. The lowest BCUT2D eigenvalue weighted by Crippen LogP contribution is -2.19. The summed E-state index contributed by atoms with van der Waals surface area (Å²) in [6.07, 6.45) is -0.393. The van der Waals surface area contributed by atoms with Gasteiger partial charge in [0.2, 0.25) is 0 Å². The molecule has 2 unspecified atom stereocenters. The van der Waals surface area contributed by atoms with Crippen LogP contribution in [0.15, 0.2) is 54.6 Å². The summed E-state index contributed by atoms with van der Waals surface area (Å²) in [6, 6.07) is 16.7. The highest BCUT2D eigenvalue weighted by Gasteiger charge is 2.35. The van der Waals surface area contributed by atoms with Crippen molar-refractivity contribution in [1.29, 1.82) is 0 Å². The highest BCUT2D eigenvalue weighted by Crippen LogP contribution is 2.37. The van der Waals surface area contributed by atoms with Crippen LogP contribution >= 0.6 is 0 Å². The Morgan fingerprint density at radius 2 is 1.67 bits per heavy atom. The van der Waals surface area contributed by atoms with Gasteiger partial charge in [0.1, 0.15) is 6.10 Å². The standard InChI is InChI=1S/C15H13NO2/c16-13(10-6-2-1-3-7-10)14-11-8-4-5-9-12(11)15(17)18-14/h1-9,13-14H,16H2. The van der Waals surface area contributed by atoms with Crippen molar-refractivity contribution in [2.24, 2.45) is 5.73 Å². The summed E-state index contributed by atoms with van der Waals surface area (Å²) in [5.74, 6) is -0.290. The topological polar surface area (TPSA) is 52.3 Å². The van der Waals surface area contributed by atoms with Crippen LogP contribution in [0.3, 0.4) is 0 Å². The number of fused-ring (bicyclic) bond motifs is 1. The van der Waals surface area contributed by atoms with E-state index in [2.05, 4.69) is 0 Å². The molecule has 3 nitrogen and oxygen atoms in total. The predicted molar refractivity (Wildman–Crippen MR) is 68.0 cm³/mol. The first kappa shape index (κ1) is 11.0. The van der Waals surface area contributed by atoms with Crippen molar-refractivity contribution in [1.82, 2.24) is 0 Å². The highest BCUT2D eigenvalue weighted by atomic mass is 16.5. The van der Waals surface area contributed by atoms with Gasteiger partial charge in [-0.05, 0) is 11.6 Å². The summed E-state index contributed by atoms with van der Waals surface area (Å²) >= 11 is 0. The molecule has 1 heterocycles. The summed E-state index contributed by atoms with van der Waals surface area (Å²) in [6.45, 7) is 0. The van der Waals surface area contributed by atoms with Crippen LogP contribution in [0.5, 0.6) is 0 Å². The number of rotatable bonds is 2. The molecule has 0 saturated carbocycles. The largest absolute Gasteiger partial charge is 0.452 e. The minimum absolute atomic E-state index is 0.290. The third-order valence-electron chi connectivity index (χ3n) is 3.23. The number of hydrogen-bond acceptors (Lipinski definition) is 3. The lowest BCUT2D eigenvalue weighted by atomic mass is 9.95. The van der Waals surface area contributed by atoms with Gasteiger partial charge >= 0.3 is 5.97 Å². The summed E-state index contributed by atoms with van der Waals surface area (Å²) in [7, 11) is 0. The van der Waals surface area contributed by atoms with Crippen molar-refractivity contribution in [2.75, 3.05) is 0 Å². The van der Waals surface area contributed by atoms with Crippen LogP contribution in [0.1, 0.15) is 33.6 Å². The van der Waals surface area contributed by atoms with Crippen molar-refractivity contribution in [3.8, 4) is 0 Å². The molecule has 3 heteroatoms. The van der Waals surface area contributed by atoms with Crippen molar-refractivity contribution in [2.45, 2.75) is 12.1 Å². The maximum Gasteiger partial charge on any atom is 0.339 e. The van der Waals surface area contributed by atoms with Gasteiger partial charge in [0.25, 0.3) is 0 Å². The second-order valence-corrected chi connectivity index (χ2v) is 4.35. The molecule has 0 saturated heterocycles. The van der Waals surface area contributed by atoms with E-state index in [1.807, 2.05) is 48.5 Å². The molecule has 1 aliphatic heterocycles.